The third kappa shape index (κ3) is 5.77. The molecule has 2 aliphatic rings. The maximum absolute atomic E-state index is 13.2. The Morgan fingerprint density at radius 3 is 2.62 bits per heavy atom. The van der Waals surface area contributed by atoms with Crippen molar-refractivity contribution in [1.82, 2.24) is 25.5 Å². The van der Waals surface area contributed by atoms with Gasteiger partial charge in [-0.1, -0.05) is 5.16 Å². The lowest BCUT2D eigenvalue weighted by Crippen LogP contribution is -2.71. The average molecular weight is 622 g/mol. The molecule has 0 radical (unpaired) electrons. The normalized spacial score (nSPS) is 18.6. The summed E-state index contributed by atoms with van der Waals surface area (Å²) in [5, 5.41) is 38.1. The summed E-state index contributed by atoms with van der Waals surface area (Å²) in [5.74, 6) is -6.18. The number of nitrogens with one attached hydrogen (secondary N) is 3. The number of carboxylic acid groups (broad SMARTS) is 2. The Labute approximate surface area is 243 Å². The number of nitrogen functional groups attached to an aromatic ring is 1. The molecule has 0 bridgehead atoms. The van der Waals surface area contributed by atoms with Gasteiger partial charge < -0.3 is 41.5 Å². The van der Waals surface area contributed by atoms with E-state index in [9.17, 15) is 44.1 Å². The molecule has 2 aliphatic heterocycles. The quantitative estimate of drug-likeness (QED) is 0.0942. The molecule has 3 amide bonds. The van der Waals surface area contributed by atoms with Crippen LogP contribution in [-0.4, -0.2) is 94.9 Å². The molecular weight excluding hydrogens is 598 g/mol. The number of pyridine rings is 1. The van der Waals surface area contributed by atoms with Gasteiger partial charge in [-0.2, -0.15) is 0 Å². The van der Waals surface area contributed by atoms with Crippen LogP contribution in [0.1, 0.15) is 30.0 Å². The van der Waals surface area contributed by atoms with Gasteiger partial charge >= 0.3 is 11.9 Å². The SMILES string of the molecule is CC(C)(ON=C(C(=O)NC1C(=O)N2C(C(=O)O)=C(CNC(=O)c3[nH]ccc(=O)c3O)CS[C@@H]12)c1csc(N)n1)C(=O)O. The highest BCUT2D eigenvalue weighted by atomic mass is 32.2. The van der Waals surface area contributed by atoms with Crippen LogP contribution in [0.25, 0.3) is 0 Å². The predicted octanol–water partition coefficient (Wildman–Crippen LogP) is -1.13. The van der Waals surface area contributed by atoms with Crippen molar-refractivity contribution < 1.29 is 44.1 Å². The molecule has 4 heterocycles. The molecular formula is C23H23N7O10S2. The highest BCUT2D eigenvalue weighted by Crippen LogP contribution is 2.40. The number of β-lactam (4-membered cyclic amide) rings is 1. The van der Waals surface area contributed by atoms with Crippen LogP contribution >= 0.6 is 23.1 Å². The second-order valence-corrected chi connectivity index (χ2v) is 11.3. The van der Waals surface area contributed by atoms with Gasteiger partial charge in [0.25, 0.3) is 17.7 Å². The number of carboxylic acids is 2. The molecule has 42 heavy (non-hydrogen) atoms. The Morgan fingerprint density at radius 1 is 1.29 bits per heavy atom. The van der Waals surface area contributed by atoms with Crippen LogP contribution in [-0.2, 0) is 24.0 Å². The minimum Gasteiger partial charge on any atom is -0.503 e. The Kier molecular flexibility index (Phi) is 8.25. The number of aromatic hydroxyl groups is 1. The van der Waals surface area contributed by atoms with Crippen LogP contribution in [0.5, 0.6) is 5.75 Å². The number of anilines is 1. The number of thioether (sulfide) groups is 1. The molecule has 222 valence electrons. The van der Waals surface area contributed by atoms with Crippen LogP contribution in [0.4, 0.5) is 5.13 Å². The maximum Gasteiger partial charge on any atom is 0.352 e. The van der Waals surface area contributed by atoms with E-state index in [2.05, 4.69) is 25.8 Å². The lowest BCUT2D eigenvalue weighted by atomic mass is 10.0. The topological polar surface area (TPSA) is 267 Å². The number of aromatic amines is 1. The van der Waals surface area contributed by atoms with E-state index in [1.165, 1.54) is 19.2 Å². The molecule has 1 fully saturated rings. The van der Waals surface area contributed by atoms with Gasteiger partial charge in [0.05, 0.1) is 0 Å². The molecule has 2 aromatic rings. The number of amides is 3. The summed E-state index contributed by atoms with van der Waals surface area (Å²) in [7, 11) is 0. The summed E-state index contributed by atoms with van der Waals surface area (Å²) in [6, 6.07) is -0.168. The highest BCUT2D eigenvalue weighted by molar-refractivity contribution is 8.00. The van der Waals surface area contributed by atoms with Crippen molar-refractivity contribution >= 4 is 63.6 Å². The van der Waals surface area contributed by atoms with E-state index in [4.69, 9.17) is 10.6 Å². The molecule has 1 unspecified atom stereocenters. The van der Waals surface area contributed by atoms with Crippen molar-refractivity contribution in [2.24, 2.45) is 5.16 Å². The van der Waals surface area contributed by atoms with Crippen LogP contribution in [0, 0.1) is 0 Å². The fraction of sp³-hybridized carbons (Fsp3) is 0.304. The molecule has 4 rings (SSSR count). The van der Waals surface area contributed by atoms with Crippen molar-refractivity contribution in [3.63, 3.8) is 0 Å². The van der Waals surface area contributed by atoms with Crippen LogP contribution in [0.2, 0.25) is 0 Å². The smallest absolute Gasteiger partial charge is 0.352 e. The molecule has 1 saturated heterocycles. The summed E-state index contributed by atoms with van der Waals surface area (Å²) in [4.78, 5) is 86.2. The first-order valence-corrected chi connectivity index (χ1v) is 13.8. The van der Waals surface area contributed by atoms with Crippen LogP contribution in [0.15, 0.2) is 38.9 Å². The Bertz CT molecular complexity index is 1610. The van der Waals surface area contributed by atoms with Gasteiger partial charge in [0, 0.05) is 29.9 Å². The molecule has 2 aromatic heterocycles. The molecule has 0 spiro atoms. The third-order valence-corrected chi connectivity index (χ3v) is 8.03. The van der Waals surface area contributed by atoms with E-state index >= 15 is 0 Å². The van der Waals surface area contributed by atoms with Crippen molar-refractivity contribution in [3.8, 4) is 5.75 Å². The minimum atomic E-state index is -1.81. The minimum absolute atomic E-state index is 0.0361. The highest BCUT2D eigenvalue weighted by Gasteiger charge is 2.54. The Morgan fingerprint density at radius 2 is 2.00 bits per heavy atom. The zero-order chi connectivity index (χ0) is 30.9. The predicted molar refractivity (Wildman–Crippen MR) is 147 cm³/mol. The van der Waals surface area contributed by atoms with Crippen LogP contribution in [0.3, 0.4) is 0 Å². The van der Waals surface area contributed by atoms with E-state index in [-0.39, 0.29) is 28.7 Å². The van der Waals surface area contributed by atoms with E-state index in [1.807, 2.05) is 0 Å². The van der Waals surface area contributed by atoms with Gasteiger partial charge in [-0.25, -0.2) is 14.6 Å². The summed E-state index contributed by atoms with van der Waals surface area (Å²) in [6.07, 6.45) is 1.16. The number of H-pyrrole nitrogens is 1. The Hall–Kier alpha value is -4.91. The second kappa shape index (κ2) is 11.5. The maximum atomic E-state index is 13.2. The number of nitrogens with zero attached hydrogens (tertiary/aromatic N) is 3. The molecule has 0 aromatic carbocycles. The summed E-state index contributed by atoms with van der Waals surface area (Å²) in [5.41, 5.74) is 1.91. The third-order valence-electron chi connectivity index (χ3n) is 6.02. The van der Waals surface area contributed by atoms with Gasteiger partial charge in [-0.15, -0.1) is 23.1 Å². The van der Waals surface area contributed by atoms with Gasteiger partial charge in [0.15, 0.2) is 22.3 Å². The molecule has 0 aliphatic carbocycles. The zero-order valence-electron chi connectivity index (χ0n) is 21.7. The number of nitrogens with two attached hydrogens (primary N) is 1. The number of rotatable bonds is 10. The van der Waals surface area contributed by atoms with Gasteiger partial charge in [-0.05, 0) is 19.4 Å². The first-order chi connectivity index (χ1) is 19.7. The van der Waals surface area contributed by atoms with Gasteiger partial charge in [0.2, 0.25) is 11.0 Å². The van der Waals surface area contributed by atoms with E-state index in [1.54, 1.807) is 0 Å². The largest absolute Gasteiger partial charge is 0.503 e. The molecule has 19 heteroatoms. The number of carbonyl (C=O) groups is 5. The van der Waals surface area contributed by atoms with Gasteiger partial charge in [0.1, 0.15) is 22.8 Å². The number of thiazole rings is 1. The van der Waals surface area contributed by atoms with Gasteiger partial charge in [-0.3, -0.25) is 24.1 Å². The number of aromatic nitrogens is 2. The number of hydrogen-bond donors (Lipinski definition) is 7. The molecule has 8 N–H and O–H groups in total. The summed E-state index contributed by atoms with van der Waals surface area (Å²) < 4.78 is 0. The average Bonchev–Trinajstić information content (AvgIpc) is 3.36. The van der Waals surface area contributed by atoms with Crippen molar-refractivity contribution in [2.45, 2.75) is 30.9 Å². The lowest BCUT2D eigenvalue weighted by molar-refractivity contribution is -0.161. The number of oxime groups is 1. The monoisotopic (exact) mass is 621 g/mol. The second-order valence-electron chi connectivity index (χ2n) is 9.28. The first-order valence-electron chi connectivity index (χ1n) is 11.8. The molecule has 2 atom stereocenters. The standard InChI is InChI=1S/C23H23N7O10S2/c1-23(2,21(38)39)40-29-11(9-7-42-22(24)27-9)17(34)28-13-18(35)30-14(20(36)37)8(6-41-19(13)30)5-26-16(33)12-15(32)10(31)3-4-25-12/h3-4,7,13,19,32H,5-6H2,1-2H3,(H2,24,27)(H,25,31)(H,26,33)(H,28,34)(H,36,37)(H,38,39)/t13?,19-/m0/s1. The number of fused-ring (bicyclic) bond motifs is 1. The van der Waals surface area contributed by atoms with Crippen molar-refractivity contribution in [1.29, 1.82) is 0 Å². The fourth-order valence-electron chi connectivity index (χ4n) is 3.75. The first kappa shape index (κ1) is 30.1. The molecule has 0 saturated carbocycles. The van der Waals surface area contributed by atoms with E-state index in [0.29, 0.717) is 0 Å². The lowest BCUT2D eigenvalue weighted by Gasteiger charge is -2.49. The van der Waals surface area contributed by atoms with Crippen molar-refractivity contribution in [2.75, 3.05) is 18.0 Å². The fourth-order valence-corrected chi connectivity index (χ4v) is 5.64. The van der Waals surface area contributed by atoms with E-state index < -0.39 is 75.0 Å². The summed E-state index contributed by atoms with van der Waals surface area (Å²) in [6.45, 7) is 2.09. The van der Waals surface area contributed by atoms with E-state index in [0.717, 1.165) is 40.3 Å². The summed E-state index contributed by atoms with van der Waals surface area (Å²) >= 11 is 2.09. The van der Waals surface area contributed by atoms with Crippen molar-refractivity contribution in [3.05, 3.63) is 50.5 Å². The molecule has 17 nitrogen and oxygen atoms in total. The number of hydrogen-bond acceptors (Lipinski definition) is 13. The zero-order valence-corrected chi connectivity index (χ0v) is 23.4. The number of aliphatic carboxylic acids is 2. The van der Waals surface area contributed by atoms with Crippen LogP contribution < -0.4 is 21.8 Å². The Balaban J connectivity index is 1.51. The number of carbonyl (C=O) groups excluding carboxylic acids is 3.